The summed E-state index contributed by atoms with van der Waals surface area (Å²) in [6.07, 6.45) is 48.9. The molecule has 0 N–H and O–H groups in total. The lowest BCUT2D eigenvalue weighted by Crippen LogP contribution is -2.27. The first kappa shape index (κ1) is 32.9. The number of hydrogen-bond donors (Lipinski definition) is 0. The van der Waals surface area contributed by atoms with Crippen LogP contribution in [0.25, 0.3) is 16.3 Å². The van der Waals surface area contributed by atoms with Crippen LogP contribution in [0.1, 0.15) is 38.7 Å². The van der Waals surface area contributed by atoms with Crippen LogP contribution in [0, 0.1) is 41.4 Å². The summed E-state index contributed by atoms with van der Waals surface area (Å²) in [7, 11) is 0. The molecule has 268 valence electrons. The summed E-state index contributed by atoms with van der Waals surface area (Å²) in [5.74, 6) is 2.48. The van der Waals surface area contributed by atoms with Gasteiger partial charge < -0.3 is 0 Å². The minimum Gasteiger partial charge on any atom is -0.289 e. The summed E-state index contributed by atoms with van der Waals surface area (Å²) in [4.78, 5) is 5.28. The molecule has 9 aliphatic rings. The summed E-state index contributed by atoms with van der Waals surface area (Å²) < 4.78 is 0. The third kappa shape index (κ3) is 5.30. The van der Waals surface area contributed by atoms with E-state index in [2.05, 4.69) is 172 Å². The molecule has 1 saturated carbocycles. The van der Waals surface area contributed by atoms with Gasteiger partial charge in [-0.3, -0.25) is 4.99 Å². The average molecular weight is 710 g/mol. The van der Waals surface area contributed by atoms with Gasteiger partial charge in [-0.15, -0.1) is 0 Å². The lowest BCUT2D eigenvalue weighted by atomic mass is 9.64. The minimum absolute atomic E-state index is 0.180. The first-order valence-electron chi connectivity index (χ1n) is 20.6. The Labute approximate surface area is 326 Å². The lowest BCUT2D eigenvalue weighted by molar-refractivity contribution is 0.518. The maximum Gasteiger partial charge on any atom is 0.0461 e. The second kappa shape index (κ2) is 13.1. The van der Waals surface area contributed by atoms with E-state index < -0.39 is 0 Å². The Kier molecular flexibility index (Phi) is 7.80. The van der Waals surface area contributed by atoms with Crippen LogP contribution >= 0.6 is 0 Å². The highest BCUT2D eigenvalue weighted by Gasteiger charge is 2.50. The van der Waals surface area contributed by atoms with Crippen LogP contribution in [0.4, 0.5) is 0 Å². The molecule has 9 aliphatic carbocycles. The highest BCUT2D eigenvalue weighted by molar-refractivity contribution is 6.02. The van der Waals surface area contributed by atoms with E-state index >= 15 is 0 Å². The van der Waals surface area contributed by atoms with Gasteiger partial charge in [0.05, 0.1) is 0 Å². The van der Waals surface area contributed by atoms with Crippen LogP contribution in [-0.4, -0.2) is 12.3 Å². The lowest BCUT2D eigenvalue weighted by Gasteiger charge is -2.39. The van der Waals surface area contributed by atoms with Gasteiger partial charge >= 0.3 is 0 Å². The number of rotatable bonds is 5. The van der Waals surface area contributed by atoms with Crippen LogP contribution in [0.5, 0.6) is 0 Å². The van der Waals surface area contributed by atoms with E-state index in [9.17, 15) is 0 Å². The van der Waals surface area contributed by atoms with Gasteiger partial charge in [0, 0.05) is 47.8 Å². The molecule has 0 aliphatic heterocycles. The molecule has 0 saturated heterocycles. The van der Waals surface area contributed by atoms with Gasteiger partial charge in [0.1, 0.15) is 0 Å². The predicted octanol–water partition coefficient (Wildman–Crippen LogP) is 12.8. The molecule has 0 radical (unpaired) electrons. The van der Waals surface area contributed by atoms with E-state index in [-0.39, 0.29) is 11.8 Å². The van der Waals surface area contributed by atoms with Crippen LogP contribution < -0.4 is 0 Å². The molecule has 7 unspecified atom stereocenters. The maximum atomic E-state index is 5.28. The third-order valence-electron chi connectivity index (χ3n) is 13.8. The predicted molar refractivity (Wildman–Crippen MR) is 231 cm³/mol. The van der Waals surface area contributed by atoms with Gasteiger partial charge in [-0.1, -0.05) is 159 Å². The van der Waals surface area contributed by atoms with Crippen LogP contribution in [0.15, 0.2) is 219 Å². The largest absolute Gasteiger partial charge is 0.289 e. The molecule has 2 aromatic carbocycles. The number of nitrogens with zero attached hydrogens (tertiary/aromatic N) is 1. The molecule has 1 fully saturated rings. The van der Waals surface area contributed by atoms with Gasteiger partial charge in [0.15, 0.2) is 0 Å². The van der Waals surface area contributed by atoms with Crippen LogP contribution in [0.2, 0.25) is 0 Å². The van der Waals surface area contributed by atoms with Crippen molar-refractivity contribution < 1.29 is 0 Å². The van der Waals surface area contributed by atoms with Crippen molar-refractivity contribution in [3.05, 3.63) is 219 Å². The van der Waals surface area contributed by atoms with Gasteiger partial charge in [-0.2, -0.15) is 0 Å². The first-order chi connectivity index (χ1) is 27.1. The molecule has 0 bridgehead atoms. The molecule has 1 heteroatoms. The monoisotopic (exact) mass is 709 g/mol. The van der Waals surface area contributed by atoms with Crippen molar-refractivity contribution in [2.24, 2.45) is 46.4 Å². The topological polar surface area (TPSA) is 12.4 Å². The molecule has 55 heavy (non-hydrogen) atoms. The van der Waals surface area contributed by atoms with Crippen molar-refractivity contribution in [1.82, 2.24) is 0 Å². The highest BCUT2D eigenvalue weighted by Crippen LogP contribution is 2.63. The van der Waals surface area contributed by atoms with E-state index in [0.717, 1.165) is 31.5 Å². The van der Waals surface area contributed by atoms with Crippen molar-refractivity contribution in [3.63, 3.8) is 0 Å². The van der Waals surface area contributed by atoms with E-state index in [1.165, 1.54) is 77.6 Å². The summed E-state index contributed by atoms with van der Waals surface area (Å²) in [6, 6.07) is 16.1. The zero-order chi connectivity index (χ0) is 36.6. The molecule has 7 atom stereocenters. The van der Waals surface area contributed by atoms with Crippen molar-refractivity contribution in [2.75, 3.05) is 6.54 Å². The highest BCUT2D eigenvalue weighted by atomic mass is 14.7. The van der Waals surface area contributed by atoms with Gasteiger partial charge in [0.25, 0.3) is 0 Å². The Morgan fingerprint density at radius 1 is 0.764 bits per heavy atom. The minimum atomic E-state index is 0.180. The number of aliphatic imine (C=N–C) groups is 1. The molecular formula is C54H47N. The van der Waals surface area contributed by atoms with E-state index in [4.69, 9.17) is 4.99 Å². The van der Waals surface area contributed by atoms with Gasteiger partial charge in [-0.25, -0.2) is 0 Å². The first-order valence-corrected chi connectivity index (χ1v) is 20.6. The Hall–Kier alpha value is -5.53. The molecule has 0 aromatic heterocycles. The van der Waals surface area contributed by atoms with E-state index in [0.29, 0.717) is 29.6 Å². The molecular weight excluding hydrogens is 663 g/mol. The fourth-order valence-electron chi connectivity index (χ4n) is 10.9. The molecule has 11 rings (SSSR count). The number of benzene rings is 2. The van der Waals surface area contributed by atoms with Crippen molar-refractivity contribution >= 4 is 22.1 Å². The second-order valence-electron chi connectivity index (χ2n) is 16.8. The summed E-state index contributed by atoms with van der Waals surface area (Å²) in [5, 5.41) is 2.59. The Morgan fingerprint density at radius 2 is 1.64 bits per heavy atom. The van der Waals surface area contributed by atoms with E-state index in [1.54, 1.807) is 0 Å². The normalized spacial score (nSPS) is 31.1. The molecule has 0 heterocycles. The zero-order valence-electron chi connectivity index (χ0n) is 31.8. The van der Waals surface area contributed by atoms with Gasteiger partial charge in [0.2, 0.25) is 0 Å². The Morgan fingerprint density at radius 3 is 2.56 bits per heavy atom. The maximum absolute atomic E-state index is 5.28. The van der Waals surface area contributed by atoms with E-state index in [1.807, 2.05) is 0 Å². The quantitative estimate of drug-likeness (QED) is 0.274. The Balaban J connectivity index is 1.16. The van der Waals surface area contributed by atoms with Crippen molar-refractivity contribution in [1.29, 1.82) is 0 Å². The van der Waals surface area contributed by atoms with Crippen LogP contribution in [0.3, 0.4) is 0 Å². The third-order valence-corrected chi connectivity index (χ3v) is 13.8. The second-order valence-corrected chi connectivity index (χ2v) is 16.8. The van der Waals surface area contributed by atoms with Gasteiger partial charge in [-0.05, 0) is 116 Å². The molecule has 1 nitrogen and oxygen atoms in total. The van der Waals surface area contributed by atoms with Crippen molar-refractivity contribution in [3.8, 4) is 0 Å². The Bertz CT molecular complexity index is 2580. The summed E-state index contributed by atoms with van der Waals surface area (Å²) >= 11 is 0. The number of allylic oxidation sites excluding steroid dienone is 29. The smallest absolute Gasteiger partial charge is 0.0461 e. The average Bonchev–Trinajstić information content (AvgIpc) is 3.55. The standard InChI is InChI=1S/C54H47N/c1-33-12-3-4-18-43(33)32-55-34(2)37-26-27-46-48(30-37)51(42-25-23-36-14-6-8-16-39(36)29-42)54-49-31-40-17-9-10-19-44(40)45-20-11-21-47(52(45)49)53(54)50(46)41-24-22-35-13-5-7-15-38(35)28-41/h3-8,10-16,18-22,24-31,33,36,43,45-46,48,52H,9,17,23,32H2,1-2H3. The fourth-order valence-corrected chi connectivity index (χ4v) is 10.9. The number of hydrogen-bond acceptors (Lipinski definition) is 1. The van der Waals surface area contributed by atoms with Crippen molar-refractivity contribution in [2.45, 2.75) is 33.1 Å². The molecule has 0 amide bonds. The van der Waals surface area contributed by atoms with Crippen LogP contribution in [-0.2, 0) is 0 Å². The number of fused-ring (bicyclic) bond motifs is 7. The molecule has 2 aromatic rings. The zero-order valence-corrected chi connectivity index (χ0v) is 31.8. The summed E-state index contributed by atoms with van der Waals surface area (Å²) in [5.41, 5.74) is 18.7. The summed E-state index contributed by atoms with van der Waals surface area (Å²) in [6.45, 7) is 5.36. The fraction of sp³-hybridized carbons (Fsp3) is 0.241. The SMILES string of the molecule is CC(=NCC1C=CC=CC1C)C1=CC2C(C3=CCC4C=CC=CC4=C3)=C3C4=CC5=C(C=CCC5)C5C=CC=C(C3=C(c3ccc6ccccc6c3)C2C=C1)C45. The molecule has 0 spiro atoms.